The van der Waals surface area contributed by atoms with E-state index in [-0.39, 0.29) is 12.4 Å². The quantitative estimate of drug-likeness (QED) is 0.222. The highest BCUT2D eigenvalue weighted by atomic mass is 35.5. The smallest absolute Gasteiger partial charge is 0.282 e. The second-order valence-electron chi connectivity index (χ2n) is 8.99. The van der Waals surface area contributed by atoms with Crippen molar-refractivity contribution >= 4 is 51.3 Å². The summed E-state index contributed by atoms with van der Waals surface area (Å²) < 4.78 is 26.3. The van der Waals surface area contributed by atoms with E-state index in [1.807, 2.05) is 24.3 Å². The van der Waals surface area contributed by atoms with Crippen molar-refractivity contribution in [2.75, 3.05) is 11.9 Å². The van der Waals surface area contributed by atoms with Gasteiger partial charge >= 0.3 is 0 Å². The highest BCUT2D eigenvalue weighted by Gasteiger charge is 2.17. The summed E-state index contributed by atoms with van der Waals surface area (Å²) in [5, 5.41) is 8.65. The Kier molecular flexibility index (Phi) is 7.01. The molecule has 6 rings (SSSR count). The van der Waals surface area contributed by atoms with Gasteiger partial charge in [-0.3, -0.25) is 9.59 Å². The molecule has 10 heteroatoms. The molecule has 1 N–H and O–H groups in total. The fourth-order valence-electron chi connectivity index (χ4n) is 4.26. The third-order valence-corrected chi connectivity index (χ3v) is 6.39. The van der Waals surface area contributed by atoms with Gasteiger partial charge in [-0.1, -0.05) is 48.0 Å². The average Bonchev–Trinajstić information content (AvgIpc) is 3.40. The van der Waals surface area contributed by atoms with E-state index in [1.54, 1.807) is 54.6 Å². The zero-order valence-corrected chi connectivity index (χ0v) is 22.0. The molecule has 0 aliphatic heterocycles. The maximum Gasteiger partial charge on any atom is 0.282 e. The zero-order valence-electron chi connectivity index (χ0n) is 21.3. The van der Waals surface area contributed by atoms with Gasteiger partial charge in [-0.25, -0.2) is 9.37 Å². The van der Waals surface area contributed by atoms with Crippen LogP contribution < -0.4 is 15.6 Å². The summed E-state index contributed by atoms with van der Waals surface area (Å²) in [4.78, 5) is 30.6. The van der Waals surface area contributed by atoms with Crippen LogP contribution >= 0.6 is 11.6 Å². The van der Waals surface area contributed by atoms with Gasteiger partial charge in [0, 0.05) is 21.7 Å². The molecule has 0 unspecified atom stereocenters. The molecule has 2 heterocycles. The molecule has 0 radical (unpaired) electrons. The molecule has 6 aromatic rings. The molecule has 202 valence electrons. The number of anilines is 1. The van der Waals surface area contributed by atoms with Crippen LogP contribution in [-0.4, -0.2) is 28.4 Å². The Balaban J connectivity index is 1.35. The van der Waals surface area contributed by atoms with Crippen LogP contribution in [0.15, 0.2) is 111 Å². The van der Waals surface area contributed by atoms with Crippen LogP contribution in [0, 0.1) is 5.82 Å². The number of aromatic nitrogens is 2. The van der Waals surface area contributed by atoms with E-state index in [2.05, 4.69) is 15.4 Å². The SMILES string of the molecule is O=C(COc1ccc(Cl)cc1C=Nn1c(-c2cc3ccccc3o2)nc2ccccc2c1=O)Nc1cccc(F)c1. The zero-order chi connectivity index (χ0) is 28.3. The van der Waals surface area contributed by atoms with Gasteiger partial charge < -0.3 is 14.5 Å². The average molecular weight is 567 g/mol. The first-order valence-corrected chi connectivity index (χ1v) is 12.9. The minimum Gasteiger partial charge on any atom is -0.483 e. The lowest BCUT2D eigenvalue weighted by Crippen LogP contribution is -2.21. The monoisotopic (exact) mass is 566 g/mol. The van der Waals surface area contributed by atoms with Crippen molar-refractivity contribution in [3.8, 4) is 17.3 Å². The fraction of sp³-hybridized carbons (Fsp3) is 0.0323. The van der Waals surface area contributed by atoms with E-state index < -0.39 is 17.3 Å². The number of rotatable bonds is 7. The predicted octanol–water partition coefficient (Wildman–Crippen LogP) is 6.50. The second kappa shape index (κ2) is 11.1. The molecule has 8 nitrogen and oxygen atoms in total. The molecule has 0 spiro atoms. The van der Waals surface area contributed by atoms with Gasteiger partial charge in [0.15, 0.2) is 12.4 Å². The summed E-state index contributed by atoms with van der Waals surface area (Å²) in [5.41, 5.74) is 1.45. The number of carbonyl (C=O) groups excluding carboxylic acids is 1. The molecule has 2 aromatic heterocycles. The van der Waals surface area contributed by atoms with Crippen molar-refractivity contribution in [3.05, 3.63) is 124 Å². The highest BCUT2D eigenvalue weighted by molar-refractivity contribution is 6.30. The summed E-state index contributed by atoms with van der Waals surface area (Å²) in [5.74, 6) is -0.0987. The number of hydrogen-bond acceptors (Lipinski definition) is 6. The molecule has 0 saturated heterocycles. The largest absolute Gasteiger partial charge is 0.483 e. The predicted molar refractivity (Wildman–Crippen MR) is 156 cm³/mol. The first-order chi connectivity index (χ1) is 19.9. The minimum atomic E-state index is -0.490. The third kappa shape index (κ3) is 5.57. The maximum absolute atomic E-state index is 13.6. The lowest BCUT2D eigenvalue weighted by molar-refractivity contribution is -0.118. The van der Waals surface area contributed by atoms with E-state index in [0.29, 0.717) is 44.3 Å². The van der Waals surface area contributed by atoms with E-state index >= 15 is 0 Å². The Labute approximate surface area is 237 Å². The number of benzene rings is 4. The van der Waals surface area contributed by atoms with Crippen LogP contribution in [0.1, 0.15) is 5.56 Å². The Morgan fingerprint density at radius 3 is 2.71 bits per heavy atom. The summed E-state index contributed by atoms with van der Waals surface area (Å²) in [6.45, 7) is -0.360. The van der Waals surface area contributed by atoms with Gasteiger partial charge in [0.1, 0.15) is 17.1 Å². The Bertz CT molecular complexity index is 1980. The molecule has 0 fully saturated rings. The number of nitrogens with one attached hydrogen (secondary N) is 1. The third-order valence-electron chi connectivity index (χ3n) is 6.15. The van der Waals surface area contributed by atoms with Crippen LogP contribution in [0.3, 0.4) is 0 Å². The number of nitrogens with zero attached hydrogens (tertiary/aromatic N) is 3. The van der Waals surface area contributed by atoms with Crippen molar-refractivity contribution < 1.29 is 18.3 Å². The number of hydrogen-bond donors (Lipinski definition) is 1. The molecule has 0 atom stereocenters. The lowest BCUT2D eigenvalue weighted by Gasteiger charge is -2.11. The van der Waals surface area contributed by atoms with Gasteiger partial charge in [-0.05, 0) is 60.7 Å². The number of amides is 1. The summed E-state index contributed by atoms with van der Waals surface area (Å²) >= 11 is 6.24. The van der Waals surface area contributed by atoms with Crippen LogP contribution in [-0.2, 0) is 4.79 Å². The van der Waals surface area contributed by atoms with E-state index in [9.17, 15) is 14.0 Å². The molecule has 1 amide bonds. The van der Waals surface area contributed by atoms with Gasteiger partial charge in [0.05, 0.1) is 17.1 Å². The Morgan fingerprint density at radius 2 is 1.85 bits per heavy atom. The number of furan rings is 1. The van der Waals surface area contributed by atoms with Crippen LogP contribution in [0.25, 0.3) is 33.5 Å². The number of carbonyl (C=O) groups is 1. The summed E-state index contributed by atoms with van der Waals surface area (Å²) in [7, 11) is 0. The molecule has 0 aliphatic carbocycles. The molecular formula is C31H20ClFN4O4. The van der Waals surface area contributed by atoms with Gasteiger partial charge in [0.25, 0.3) is 11.5 Å². The number of halogens is 2. The van der Waals surface area contributed by atoms with Crippen molar-refractivity contribution in [2.45, 2.75) is 0 Å². The summed E-state index contributed by atoms with van der Waals surface area (Å²) in [6.07, 6.45) is 1.40. The van der Waals surface area contributed by atoms with Crippen molar-refractivity contribution in [2.24, 2.45) is 5.10 Å². The first-order valence-electron chi connectivity index (χ1n) is 12.5. The van der Waals surface area contributed by atoms with Crippen LogP contribution in [0.2, 0.25) is 5.02 Å². The number of ether oxygens (including phenoxy) is 1. The van der Waals surface area contributed by atoms with Crippen LogP contribution in [0.4, 0.5) is 10.1 Å². The lowest BCUT2D eigenvalue weighted by atomic mass is 10.2. The van der Waals surface area contributed by atoms with E-state index in [0.717, 1.165) is 10.1 Å². The summed E-state index contributed by atoms with van der Waals surface area (Å²) in [6, 6.07) is 26.5. The molecule has 4 aromatic carbocycles. The molecule has 0 aliphatic rings. The number of para-hydroxylation sites is 2. The van der Waals surface area contributed by atoms with Gasteiger partial charge in [-0.15, -0.1) is 0 Å². The van der Waals surface area contributed by atoms with E-state index in [4.69, 9.17) is 20.8 Å². The van der Waals surface area contributed by atoms with Crippen LogP contribution in [0.5, 0.6) is 5.75 Å². The molecule has 0 saturated carbocycles. The van der Waals surface area contributed by atoms with Crippen molar-refractivity contribution in [3.63, 3.8) is 0 Å². The topological polar surface area (TPSA) is 98.7 Å². The second-order valence-corrected chi connectivity index (χ2v) is 9.43. The first kappa shape index (κ1) is 26.0. The molecule has 0 bridgehead atoms. The maximum atomic E-state index is 13.6. The van der Waals surface area contributed by atoms with Crippen molar-refractivity contribution in [1.82, 2.24) is 9.66 Å². The standard InChI is InChI=1S/C31H20ClFN4O4/c32-21-12-13-26(40-18-29(38)35-23-8-5-7-22(33)16-23)20(14-21)17-34-37-30(28-15-19-6-1-4-11-27(19)41-28)36-25-10-3-2-9-24(25)31(37)39/h1-17H,18H2,(H,35,38). The van der Waals surface area contributed by atoms with Gasteiger partial charge in [-0.2, -0.15) is 9.78 Å². The fourth-order valence-corrected chi connectivity index (χ4v) is 4.44. The Morgan fingerprint density at radius 1 is 1.02 bits per heavy atom. The Hall–Kier alpha value is -5.28. The highest BCUT2D eigenvalue weighted by Crippen LogP contribution is 2.27. The molecular weight excluding hydrogens is 547 g/mol. The van der Waals surface area contributed by atoms with Crippen molar-refractivity contribution in [1.29, 1.82) is 0 Å². The number of fused-ring (bicyclic) bond motifs is 2. The van der Waals surface area contributed by atoms with E-state index in [1.165, 1.54) is 24.4 Å². The van der Waals surface area contributed by atoms with Gasteiger partial charge in [0.2, 0.25) is 5.82 Å². The normalized spacial score (nSPS) is 11.4. The minimum absolute atomic E-state index is 0.208. The molecule has 41 heavy (non-hydrogen) atoms.